The second-order valence-electron chi connectivity index (χ2n) is 6.19. The predicted octanol–water partition coefficient (Wildman–Crippen LogP) is 4.17. The van der Waals surface area contributed by atoms with E-state index in [1.54, 1.807) is 31.4 Å². The van der Waals surface area contributed by atoms with E-state index in [-0.39, 0.29) is 5.78 Å². The van der Waals surface area contributed by atoms with Crippen molar-refractivity contribution < 1.29 is 14.3 Å². The number of Topliss-reactive ketones (excluding diaryl/α,β-unsaturated/α-hetero) is 1. The fourth-order valence-corrected chi connectivity index (χ4v) is 3.61. The van der Waals surface area contributed by atoms with Gasteiger partial charge in [-0.05, 0) is 55.8 Å². The van der Waals surface area contributed by atoms with Crippen LogP contribution >= 0.6 is 11.8 Å². The summed E-state index contributed by atoms with van der Waals surface area (Å²) in [6, 6.07) is 15.0. The van der Waals surface area contributed by atoms with E-state index in [2.05, 4.69) is 10.2 Å². The average molecular weight is 398 g/mol. The highest BCUT2D eigenvalue weighted by Gasteiger charge is 2.14. The van der Waals surface area contributed by atoms with Crippen LogP contribution in [0.3, 0.4) is 0 Å². The van der Waals surface area contributed by atoms with Gasteiger partial charge < -0.3 is 14.0 Å². The van der Waals surface area contributed by atoms with Crippen LogP contribution in [0.5, 0.6) is 11.5 Å². The average Bonchev–Trinajstić information content (AvgIpc) is 3.12. The van der Waals surface area contributed by atoms with Crippen molar-refractivity contribution in [3.05, 3.63) is 65.5 Å². The van der Waals surface area contributed by atoms with Gasteiger partial charge in [0, 0.05) is 12.1 Å². The molecule has 0 fully saturated rings. The molecule has 0 bridgehead atoms. The summed E-state index contributed by atoms with van der Waals surface area (Å²) in [5.41, 5.74) is 1.79. The van der Waals surface area contributed by atoms with Crippen molar-refractivity contribution >= 4 is 17.5 Å². The Morgan fingerprint density at radius 2 is 1.89 bits per heavy atom. The molecule has 3 aromatic rings. The van der Waals surface area contributed by atoms with Gasteiger partial charge in [-0.3, -0.25) is 4.79 Å². The molecule has 2 aromatic carbocycles. The third kappa shape index (κ3) is 4.92. The number of hydrogen-bond acceptors (Lipinski definition) is 6. The molecule has 28 heavy (non-hydrogen) atoms. The van der Waals surface area contributed by atoms with Crippen LogP contribution in [0.1, 0.15) is 28.7 Å². The summed E-state index contributed by atoms with van der Waals surface area (Å²) in [4.78, 5) is 12.4. The fourth-order valence-electron chi connectivity index (χ4n) is 2.69. The van der Waals surface area contributed by atoms with E-state index in [1.165, 1.54) is 11.8 Å². The van der Waals surface area contributed by atoms with Gasteiger partial charge in [0.1, 0.15) is 18.1 Å². The van der Waals surface area contributed by atoms with Crippen LogP contribution in [0.15, 0.2) is 53.7 Å². The quantitative estimate of drug-likeness (QED) is 0.399. The minimum Gasteiger partial charge on any atom is -0.497 e. The predicted molar refractivity (Wildman–Crippen MR) is 109 cm³/mol. The van der Waals surface area contributed by atoms with Gasteiger partial charge in [0.25, 0.3) is 0 Å². The maximum atomic E-state index is 12.4. The summed E-state index contributed by atoms with van der Waals surface area (Å²) in [5, 5.41) is 9.19. The van der Waals surface area contributed by atoms with Gasteiger partial charge >= 0.3 is 0 Å². The van der Waals surface area contributed by atoms with E-state index in [9.17, 15) is 4.79 Å². The van der Waals surface area contributed by atoms with Crippen molar-refractivity contribution in [1.82, 2.24) is 14.8 Å². The number of ketones is 1. The molecular weight excluding hydrogens is 374 g/mol. The number of ether oxygens (including phenoxy) is 2. The number of rotatable bonds is 9. The molecule has 3 rings (SSSR count). The Balaban J connectivity index is 1.61. The van der Waals surface area contributed by atoms with Crippen molar-refractivity contribution in [2.24, 2.45) is 0 Å². The van der Waals surface area contributed by atoms with Crippen molar-refractivity contribution in [1.29, 1.82) is 0 Å². The molecule has 0 aliphatic carbocycles. The molecule has 0 N–H and O–H groups in total. The fraction of sp³-hybridized carbons (Fsp3) is 0.286. The molecule has 0 radical (unpaired) electrons. The number of benzene rings is 2. The molecule has 0 saturated carbocycles. The summed E-state index contributed by atoms with van der Waals surface area (Å²) in [6.07, 6.45) is 0. The van der Waals surface area contributed by atoms with Gasteiger partial charge in [-0.25, -0.2) is 0 Å². The molecule has 0 aliphatic rings. The van der Waals surface area contributed by atoms with Gasteiger partial charge in [-0.2, -0.15) is 0 Å². The Kier molecular flexibility index (Phi) is 6.71. The maximum absolute atomic E-state index is 12.4. The third-order valence-corrected chi connectivity index (χ3v) is 5.18. The maximum Gasteiger partial charge on any atom is 0.191 e. The molecule has 7 heteroatoms. The smallest absolute Gasteiger partial charge is 0.191 e. The molecule has 1 heterocycles. The first kappa shape index (κ1) is 19.9. The summed E-state index contributed by atoms with van der Waals surface area (Å²) in [5.74, 6) is 2.60. The lowest BCUT2D eigenvalue weighted by Gasteiger charge is -2.09. The van der Waals surface area contributed by atoms with E-state index in [0.29, 0.717) is 29.6 Å². The van der Waals surface area contributed by atoms with E-state index < -0.39 is 0 Å². The van der Waals surface area contributed by atoms with Crippen LogP contribution in [0.25, 0.3) is 0 Å². The van der Waals surface area contributed by atoms with Crippen molar-refractivity contribution in [3.63, 3.8) is 0 Å². The first-order valence-corrected chi connectivity index (χ1v) is 10.0. The van der Waals surface area contributed by atoms with Crippen LogP contribution in [0.2, 0.25) is 0 Å². The standard InChI is InChI=1S/C21H23N3O3S/c1-4-24-20(13-27-18-7-5-6-15(2)12-18)22-23-21(24)28-14-19(25)16-8-10-17(26-3)11-9-16/h5-12H,4,13-14H2,1-3H3. The lowest BCUT2D eigenvalue weighted by molar-refractivity contribution is 0.102. The van der Waals surface area contributed by atoms with Gasteiger partial charge in [-0.15, -0.1) is 10.2 Å². The Bertz CT molecular complexity index is 938. The number of carbonyl (C=O) groups excluding carboxylic acids is 1. The zero-order chi connectivity index (χ0) is 19.9. The largest absolute Gasteiger partial charge is 0.497 e. The summed E-state index contributed by atoms with van der Waals surface area (Å²) < 4.78 is 12.9. The number of carbonyl (C=O) groups is 1. The molecule has 0 atom stereocenters. The second-order valence-corrected chi connectivity index (χ2v) is 7.13. The molecule has 0 aliphatic heterocycles. The minimum atomic E-state index is 0.0378. The normalized spacial score (nSPS) is 10.7. The van der Waals surface area contributed by atoms with Gasteiger partial charge in [0.15, 0.2) is 16.8 Å². The highest BCUT2D eigenvalue weighted by molar-refractivity contribution is 7.99. The summed E-state index contributed by atoms with van der Waals surface area (Å²) in [6.45, 7) is 5.08. The highest BCUT2D eigenvalue weighted by atomic mass is 32.2. The monoisotopic (exact) mass is 397 g/mol. The molecule has 0 amide bonds. The topological polar surface area (TPSA) is 66.2 Å². The number of nitrogens with zero attached hydrogens (tertiary/aromatic N) is 3. The van der Waals surface area contributed by atoms with Crippen LogP contribution in [0, 0.1) is 6.92 Å². The Labute approximate surface area is 168 Å². The van der Waals surface area contributed by atoms with E-state index >= 15 is 0 Å². The first-order chi connectivity index (χ1) is 13.6. The number of thioether (sulfide) groups is 1. The highest BCUT2D eigenvalue weighted by Crippen LogP contribution is 2.21. The van der Waals surface area contributed by atoms with Crippen LogP contribution in [-0.2, 0) is 13.2 Å². The zero-order valence-electron chi connectivity index (χ0n) is 16.2. The first-order valence-electron chi connectivity index (χ1n) is 9.02. The number of aryl methyl sites for hydroxylation is 1. The Morgan fingerprint density at radius 1 is 1.11 bits per heavy atom. The van der Waals surface area contributed by atoms with Crippen molar-refractivity contribution in [3.8, 4) is 11.5 Å². The van der Waals surface area contributed by atoms with Crippen LogP contribution in [-0.4, -0.2) is 33.4 Å². The Morgan fingerprint density at radius 3 is 2.57 bits per heavy atom. The second kappa shape index (κ2) is 9.41. The SMILES string of the molecule is CCn1c(COc2cccc(C)c2)nnc1SCC(=O)c1ccc(OC)cc1. The molecule has 6 nitrogen and oxygen atoms in total. The molecule has 0 saturated heterocycles. The molecule has 1 aromatic heterocycles. The van der Waals surface area contributed by atoms with E-state index in [1.807, 2.05) is 42.7 Å². The van der Waals surface area contributed by atoms with Crippen LogP contribution < -0.4 is 9.47 Å². The van der Waals surface area contributed by atoms with E-state index in [4.69, 9.17) is 9.47 Å². The zero-order valence-corrected chi connectivity index (χ0v) is 17.0. The van der Waals surface area contributed by atoms with Gasteiger partial charge in [0.2, 0.25) is 0 Å². The van der Waals surface area contributed by atoms with Crippen molar-refractivity contribution in [2.45, 2.75) is 32.2 Å². The number of methoxy groups -OCH3 is 1. The lowest BCUT2D eigenvalue weighted by atomic mass is 10.1. The molecular formula is C21H23N3O3S. The number of aromatic nitrogens is 3. The van der Waals surface area contributed by atoms with Crippen LogP contribution in [0.4, 0.5) is 0 Å². The van der Waals surface area contributed by atoms with E-state index in [0.717, 1.165) is 22.9 Å². The molecule has 0 spiro atoms. The van der Waals surface area contributed by atoms with Gasteiger partial charge in [0.05, 0.1) is 12.9 Å². The molecule has 146 valence electrons. The number of hydrogen-bond donors (Lipinski definition) is 0. The lowest BCUT2D eigenvalue weighted by Crippen LogP contribution is -2.08. The van der Waals surface area contributed by atoms with Crippen molar-refractivity contribution in [2.75, 3.05) is 12.9 Å². The minimum absolute atomic E-state index is 0.0378. The van der Waals surface area contributed by atoms with Gasteiger partial charge in [-0.1, -0.05) is 23.9 Å². The third-order valence-electron chi connectivity index (χ3n) is 4.21. The summed E-state index contributed by atoms with van der Waals surface area (Å²) >= 11 is 1.38. The summed E-state index contributed by atoms with van der Waals surface area (Å²) in [7, 11) is 1.60. The Hall–Kier alpha value is -2.80. The molecule has 0 unspecified atom stereocenters.